The summed E-state index contributed by atoms with van der Waals surface area (Å²) < 4.78 is 0. The molecule has 1 aromatic carbocycles. The molecule has 0 aliphatic rings. The fourth-order valence-corrected chi connectivity index (χ4v) is 1.54. The van der Waals surface area contributed by atoms with E-state index in [2.05, 4.69) is 12.6 Å². The molecule has 70 valence electrons. The van der Waals surface area contributed by atoms with E-state index in [0.29, 0.717) is 4.90 Å². The van der Waals surface area contributed by atoms with Crippen LogP contribution in [-0.4, -0.2) is 4.92 Å². The van der Waals surface area contributed by atoms with Gasteiger partial charge in [0.15, 0.2) is 0 Å². The molecule has 0 amide bonds. The van der Waals surface area contributed by atoms with Crippen molar-refractivity contribution < 1.29 is 4.92 Å². The van der Waals surface area contributed by atoms with Gasteiger partial charge in [0.25, 0.3) is 5.69 Å². The van der Waals surface area contributed by atoms with E-state index in [4.69, 9.17) is 0 Å². The molecule has 4 heteroatoms. The SMILES string of the molecule is CCCc1cccc([N+](=O)[O-])c1S. The molecule has 1 rings (SSSR count). The fraction of sp³-hybridized carbons (Fsp3) is 0.333. The molecule has 3 nitrogen and oxygen atoms in total. The minimum absolute atomic E-state index is 0.0919. The molecular weight excluding hydrogens is 186 g/mol. The number of nitro groups is 1. The molecule has 0 aliphatic carbocycles. The number of nitro benzene ring substituents is 1. The van der Waals surface area contributed by atoms with E-state index < -0.39 is 4.92 Å². The van der Waals surface area contributed by atoms with E-state index in [1.54, 1.807) is 6.07 Å². The van der Waals surface area contributed by atoms with Crippen molar-refractivity contribution in [2.24, 2.45) is 0 Å². The summed E-state index contributed by atoms with van der Waals surface area (Å²) in [6.07, 6.45) is 1.80. The highest BCUT2D eigenvalue weighted by Crippen LogP contribution is 2.26. The van der Waals surface area contributed by atoms with Gasteiger partial charge in [0.2, 0.25) is 0 Å². The van der Waals surface area contributed by atoms with Crippen LogP contribution in [0.5, 0.6) is 0 Å². The molecule has 0 unspecified atom stereocenters. The first kappa shape index (κ1) is 10.1. The summed E-state index contributed by atoms with van der Waals surface area (Å²) in [5.74, 6) is 0. The normalized spacial score (nSPS) is 10.0. The van der Waals surface area contributed by atoms with E-state index in [1.165, 1.54) is 6.07 Å². The predicted octanol–water partition coefficient (Wildman–Crippen LogP) is 2.84. The summed E-state index contributed by atoms with van der Waals surface area (Å²) in [5, 5.41) is 10.5. The van der Waals surface area contributed by atoms with Crippen LogP contribution in [0.4, 0.5) is 5.69 Å². The average Bonchev–Trinajstić information content (AvgIpc) is 2.08. The third-order valence-corrected chi connectivity index (χ3v) is 2.33. The number of rotatable bonds is 3. The molecular formula is C9H11NO2S. The van der Waals surface area contributed by atoms with Crippen LogP contribution in [-0.2, 0) is 6.42 Å². The number of thiol groups is 1. The highest BCUT2D eigenvalue weighted by atomic mass is 32.1. The molecule has 0 atom stereocenters. The monoisotopic (exact) mass is 197 g/mol. The van der Waals surface area contributed by atoms with Gasteiger partial charge in [-0.05, 0) is 12.0 Å². The Labute approximate surface area is 82.3 Å². The van der Waals surface area contributed by atoms with Gasteiger partial charge in [-0.3, -0.25) is 10.1 Å². The Bertz CT molecular complexity index is 325. The first-order chi connectivity index (χ1) is 6.16. The van der Waals surface area contributed by atoms with Crippen LogP contribution in [0.15, 0.2) is 23.1 Å². The summed E-state index contributed by atoms with van der Waals surface area (Å²) in [7, 11) is 0. The minimum atomic E-state index is -0.401. The Balaban J connectivity index is 3.10. The van der Waals surface area contributed by atoms with Gasteiger partial charge in [-0.15, -0.1) is 12.6 Å². The van der Waals surface area contributed by atoms with Crippen molar-refractivity contribution in [1.82, 2.24) is 0 Å². The fourth-order valence-electron chi connectivity index (χ4n) is 1.20. The van der Waals surface area contributed by atoms with E-state index in [1.807, 2.05) is 13.0 Å². The molecule has 13 heavy (non-hydrogen) atoms. The predicted molar refractivity (Wildman–Crippen MR) is 54.3 cm³/mol. The minimum Gasteiger partial charge on any atom is -0.258 e. The second-order valence-corrected chi connectivity index (χ2v) is 3.24. The van der Waals surface area contributed by atoms with Crippen LogP contribution in [0.1, 0.15) is 18.9 Å². The number of aryl methyl sites for hydroxylation is 1. The van der Waals surface area contributed by atoms with E-state index in [0.717, 1.165) is 18.4 Å². The molecule has 0 heterocycles. The van der Waals surface area contributed by atoms with Crippen LogP contribution in [0.3, 0.4) is 0 Å². The van der Waals surface area contributed by atoms with E-state index >= 15 is 0 Å². The quantitative estimate of drug-likeness (QED) is 0.460. The summed E-state index contributed by atoms with van der Waals surface area (Å²) in [5.41, 5.74) is 1.04. The molecule has 0 bridgehead atoms. The number of hydrogen-bond acceptors (Lipinski definition) is 3. The highest BCUT2D eigenvalue weighted by molar-refractivity contribution is 7.80. The molecule has 0 aromatic heterocycles. The second kappa shape index (κ2) is 4.28. The zero-order valence-electron chi connectivity index (χ0n) is 7.36. The Morgan fingerprint density at radius 2 is 2.23 bits per heavy atom. The summed E-state index contributed by atoms with van der Waals surface area (Å²) in [6, 6.07) is 5.04. The van der Waals surface area contributed by atoms with E-state index in [-0.39, 0.29) is 5.69 Å². The van der Waals surface area contributed by atoms with Gasteiger partial charge in [0.1, 0.15) is 0 Å². The standard InChI is InChI=1S/C9H11NO2S/c1-2-4-7-5-3-6-8(9(7)13)10(11)12/h3,5-6,13H,2,4H2,1H3. The van der Waals surface area contributed by atoms with Crippen molar-refractivity contribution in [3.8, 4) is 0 Å². The molecule has 0 saturated heterocycles. The zero-order valence-corrected chi connectivity index (χ0v) is 8.25. The number of nitrogens with zero attached hydrogens (tertiary/aromatic N) is 1. The van der Waals surface area contributed by atoms with Crippen molar-refractivity contribution in [2.75, 3.05) is 0 Å². The molecule has 0 saturated carbocycles. The Kier molecular flexibility index (Phi) is 3.31. The molecule has 1 aromatic rings. The highest BCUT2D eigenvalue weighted by Gasteiger charge is 2.12. The first-order valence-electron chi connectivity index (χ1n) is 4.12. The smallest absolute Gasteiger partial charge is 0.258 e. The average molecular weight is 197 g/mol. The van der Waals surface area contributed by atoms with Crippen molar-refractivity contribution in [3.05, 3.63) is 33.9 Å². The first-order valence-corrected chi connectivity index (χ1v) is 4.56. The van der Waals surface area contributed by atoms with Gasteiger partial charge in [-0.1, -0.05) is 25.5 Å². The van der Waals surface area contributed by atoms with E-state index in [9.17, 15) is 10.1 Å². The largest absolute Gasteiger partial charge is 0.282 e. The van der Waals surface area contributed by atoms with Gasteiger partial charge in [0, 0.05) is 6.07 Å². The van der Waals surface area contributed by atoms with Crippen LogP contribution >= 0.6 is 12.6 Å². The third-order valence-electron chi connectivity index (χ3n) is 1.81. The third kappa shape index (κ3) is 2.21. The van der Waals surface area contributed by atoms with Gasteiger partial charge < -0.3 is 0 Å². The summed E-state index contributed by atoms with van der Waals surface area (Å²) >= 11 is 4.14. The molecule has 0 N–H and O–H groups in total. The maximum atomic E-state index is 10.5. The van der Waals surface area contributed by atoms with Crippen LogP contribution in [0.25, 0.3) is 0 Å². The van der Waals surface area contributed by atoms with Crippen molar-refractivity contribution in [3.63, 3.8) is 0 Å². The maximum absolute atomic E-state index is 10.5. The van der Waals surface area contributed by atoms with Gasteiger partial charge in [0.05, 0.1) is 9.82 Å². The lowest BCUT2D eigenvalue weighted by Gasteiger charge is -2.02. The topological polar surface area (TPSA) is 43.1 Å². The van der Waals surface area contributed by atoms with Crippen molar-refractivity contribution >= 4 is 18.3 Å². The molecule has 0 fully saturated rings. The Hall–Kier alpha value is -1.03. The van der Waals surface area contributed by atoms with Crippen LogP contribution < -0.4 is 0 Å². The second-order valence-electron chi connectivity index (χ2n) is 2.79. The Morgan fingerprint density at radius 1 is 1.54 bits per heavy atom. The van der Waals surface area contributed by atoms with Gasteiger partial charge in [-0.2, -0.15) is 0 Å². The molecule has 0 aliphatic heterocycles. The lowest BCUT2D eigenvalue weighted by Crippen LogP contribution is -1.93. The lowest BCUT2D eigenvalue weighted by molar-refractivity contribution is -0.387. The van der Waals surface area contributed by atoms with Gasteiger partial charge in [-0.25, -0.2) is 0 Å². The number of hydrogen-bond donors (Lipinski definition) is 1. The Morgan fingerprint density at radius 3 is 2.77 bits per heavy atom. The van der Waals surface area contributed by atoms with Crippen LogP contribution in [0, 0.1) is 10.1 Å². The van der Waals surface area contributed by atoms with Crippen LogP contribution in [0.2, 0.25) is 0 Å². The maximum Gasteiger partial charge on any atom is 0.282 e. The lowest BCUT2D eigenvalue weighted by atomic mass is 10.1. The van der Waals surface area contributed by atoms with Crippen molar-refractivity contribution in [2.45, 2.75) is 24.7 Å². The van der Waals surface area contributed by atoms with Gasteiger partial charge >= 0.3 is 0 Å². The summed E-state index contributed by atoms with van der Waals surface area (Å²) in [6.45, 7) is 2.03. The molecule has 0 spiro atoms. The number of benzene rings is 1. The van der Waals surface area contributed by atoms with Crippen molar-refractivity contribution in [1.29, 1.82) is 0 Å². The zero-order chi connectivity index (χ0) is 9.84. The molecule has 0 radical (unpaired) electrons. The summed E-state index contributed by atoms with van der Waals surface area (Å²) in [4.78, 5) is 10.6.